The monoisotopic (exact) mass is 961 g/mol. The first-order valence-electron chi connectivity index (χ1n) is 29.1. The van der Waals surface area contributed by atoms with Gasteiger partial charge in [-0.05, 0) is 89.9 Å². The van der Waals surface area contributed by atoms with Crippen molar-refractivity contribution in [3.05, 3.63) is 85.1 Å². The molecule has 396 valence electrons. The second-order valence-corrected chi connectivity index (χ2v) is 19.1. The molecule has 0 saturated heterocycles. The van der Waals surface area contributed by atoms with Crippen LogP contribution in [0.2, 0.25) is 0 Å². The van der Waals surface area contributed by atoms with E-state index in [1.54, 1.807) is 0 Å². The van der Waals surface area contributed by atoms with E-state index < -0.39 is 6.10 Å². The quantitative estimate of drug-likeness (QED) is 0.0262. The van der Waals surface area contributed by atoms with Crippen LogP contribution in [0.4, 0.5) is 0 Å². The number of hydrogen-bond acceptors (Lipinski definition) is 6. The van der Waals surface area contributed by atoms with Gasteiger partial charge in [0.2, 0.25) is 0 Å². The molecule has 0 aliphatic carbocycles. The Bertz CT molecular complexity index is 1330. The van der Waals surface area contributed by atoms with Crippen LogP contribution < -0.4 is 0 Å². The summed E-state index contributed by atoms with van der Waals surface area (Å²) in [5.74, 6) is -0.897. The summed E-state index contributed by atoms with van der Waals surface area (Å²) in [6.45, 7) is 6.34. The van der Waals surface area contributed by atoms with Crippen molar-refractivity contribution in [1.29, 1.82) is 0 Å². The highest BCUT2D eigenvalue weighted by Gasteiger charge is 2.19. The van der Waals surface area contributed by atoms with E-state index in [9.17, 15) is 14.4 Å². The molecule has 0 radical (unpaired) electrons. The Balaban J connectivity index is 4.02. The highest BCUT2D eigenvalue weighted by Crippen LogP contribution is 2.16. The van der Waals surface area contributed by atoms with Crippen LogP contribution in [0.15, 0.2) is 85.1 Å². The van der Waals surface area contributed by atoms with Crippen LogP contribution in [-0.2, 0) is 28.6 Å². The van der Waals surface area contributed by atoms with Crippen LogP contribution in [0.1, 0.15) is 278 Å². The Labute approximate surface area is 426 Å². The summed E-state index contributed by atoms with van der Waals surface area (Å²) in [7, 11) is 0. The minimum atomic E-state index is -0.777. The average molecular weight is 962 g/mol. The van der Waals surface area contributed by atoms with Gasteiger partial charge in [0, 0.05) is 19.3 Å². The maximum absolute atomic E-state index is 12.8. The second kappa shape index (κ2) is 57.2. The number of carbonyl (C=O) groups is 3. The summed E-state index contributed by atoms with van der Waals surface area (Å²) < 4.78 is 16.7. The molecule has 0 aromatic carbocycles. The number of esters is 3. The highest BCUT2D eigenvalue weighted by atomic mass is 16.6. The van der Waals surface area contributed by atoms with Crippen molar-refractivity contribution in [2.24, 2.45) is 0 Å². The van der Waals surface area contributed by atoms with E-state index in [4.69, 9.17) is 14.2 Å². The van der Waals surface area contributed by atoms with Crippen LogP contribution >= 0.6 is 0 Å². The Kier molecular flexibility index (Phi) is 54.3. The molecule has 0 spiro atoms. The molecule has 0 saturated carbocycles. The predicted octanol–water partition coefficient (Wildman–Crippen LogP) is 19.5. The van der Waals surface area contributed by atoms with Gasteiger partial charge in [-0.2, -0.15) is 0 Å². The molecule has 0 heterocycles. The molecule has 0 aromatic heterocycles. The fraction of sp³-hybridized carbons (Fsp3) is 0.730. The number of ether oxygens (including phenoxy) is 3. The van der Waals surface area contributed by atoms with Gasteiger partial charge in [-0.25, -0.2) is 0 Å². The lowest BCUT2D eigenvalue weighted by atomic mass is 10.0. The third-order valence-corrected chi connectivity index (χ3v) is 12.4. The number of rotatable bonds is 52. The molecule has 0 fully saturated rings. The number of hydrogen-bond donors (Lipinski definition) is 0. The summed E-state index contributed by atoms with van der Waals surface area (Å²) in [5.41, 5.74) is 0. The lowest BCUT2D eigenvalue weighted by Crippen LogP contribution is -2.30. The van der Waals surface area contributed by atoms with E-state index in [2.05, 4.69) is 106 Å². The fourth-order valence-corrected chi connectivity index (χ4v) is 8.10. The molecule has 0 bridgehead atoms. The van der Waals surface area contributed by atoms with Crippen LogP contribution in [0.25, 0.3) is 0 Å². The Morgan fingerprint density at radius 2 is 0.565 bits per heavy atom. The van der Waals surface area contributed by atoms with Gasteiger partial charge in [0.1, 0.15) is 13.2 Å². The molecule has 0 rings (SSSR count). The van der Waals surface area contributed by atoms with E-state index in [0.717, 1.165) is 116 Å². The zero-order chi connectivity index (χ0) is 50.0. The van der Waals surface area contributed by atoms with Crippen molar-refractivity contribution in [1.82, 2.24) is 0 Å². The zero-order valence-electron chi connectivity index (χ0n) is 45.3. The van der Waals surface area contributed by atoms with Gasteiger partial charge in [0.25, 0.3) is 0 Å². The number of allylic oxidation sites excluding steroid dienone is 14. The van der Waals surface area contributed by atoms with Gasteiger partial charge < -0.3 is 14.2 Å². The minimum absolute atomic E-state index is 0.0787. The molecule has 1 unspecified atom stereocenters. The molecule has 0 amide bonds. The maximum atomic E-state index is 12.8. The third kappa shape index (κ3) is 55.4. The molecule has 1 atom stereocenters. The van der Waals surface area contributed by atoms with E-state index >= 15 is 0 Å². The largest absolute Gasteiger partial charge is 0.462 e. The lowest BCUT2D eigenvalue weighted by molar-refractivity contribution is -0.167. The van der Waals surface area contributed by atoms with Crippen molar-refractivity contribution in [3.8, 4) is 0 Å². The highest BCUT2D eigenvalue weighted by molar-refractivity contribution is 5.71. The van der Waals surface area contributed by atoms with E-state index in [0.29, 0.717) is 19.3 Å². The van der Waals surface area contributed by atoms with Crippen molar-refractivity contribution in [3.63, 3.8) is 0 Å². The summed E-state index contributed by atoms with van der Waals surface area (Å²) in [4.78, 5) is 37.8. The summed E-state index contributed by atoms with van der Waals surface area (Å²) >= 11 is 0. The van der Waals surface area contributed by atoms with Gasteiger partial charge in [0.05, 0.1) is 0 Å². The molecular weight excluding hydrogens is 853 g/mol. The average Bonchev–Trinajstić information content (AvgIpc) is 3.35. The van der Waals surface area contributed by atoms with Crippen LogP contribution in [0, 0.1) is 0 Å². The maximum Gasteiger partial charge on any atom is 0.306 e. The number of carbonyl (C=O) groups excluding carboxylic acids is 3. The smallest absolute Gasteiger partial charge is 0.306 e. The molecule has 0 aliphatic rings. The second-order valence-electron chi connectivity index (χ2n) is 19.1. The molecule has 6 nitrogen and oxygen atoms in total. The van der Waals surface area contributed by atoms with Crippen LogP contribution in [-0.4, -0.2) is 37.2 Å². The SMILES string of the molecule is CC/C=C\C/C=C\C/C=C\C/C=C\CCCCCCCCCCCCCCCCCCC(=O)OCC(COC(=O)CCCCCCC)OC(=O)CCCCCCCCC/C=C\C/C=C\C/C=C\CC. The van der Waals surface area contributed by atoms with E-state index in [1.807, 2.05) is 0 Å². The van der Waals surface area contributed by atoms with Gasteiger partial charge in [-0.3, -0.25) is 14.4 Å². The fourth-order valence-electron chi connectivity index (χ4n) is 8.10. The first-order chi connectivity index (χ1) is 34.0. The van der Waals surface area contributed by atoms with Crippen LogP contribution in [0.5, 0.6) is 0 Å². The molecule has 0 aliphatic heterocycles. The first-order valence-corrected chi connectivity index (χ1v) is 29.1. The van der Waals surface area contributed by atoms with Crippen molar-refractivity contribution >= 4 is 17.9 Å². The first kappa shape index (κ1) is 65.6. The molecule has 69 heavy (non-hydrogen) atoms. The van der Waals surface area contributed by atoms with Gasteiger partial charge in [-0.15, -0.1) is 0 Å². The van der Waals surface area contributed by atoms with Gasteiger partial charge in [-0.1, -0.05) is 254 Å². The third-order valence-electron chi connectivity index (χ3n) is 12.4. The van der Waals surface area contributed by atoms with E-state index in [1.165, 1.54) is 122 Å². The summed E-state index contributed by atoms with van der Waals surface area (Å²) in [6.07, 6.45) is 74.9. The predicted molar refractivity (Wildman–Crippen MR) is 297 cm³/mol. The Morgan fingerprint density at radius 1 is 0.304 bits per heavy atom. The topological polar surface area (TPSA) is 78.9 Å². The zero-order valence-corrected chi connectivity index (χ0v) is 45.3. The van der Waals surface area contributed by atoms with Crippen LogP contribution in [0.3, 0.4) is 0 Å². The Morgan fingerprint density at radius 3 is 0.884 bits per heavy atom. The standard InChI is InChI=1S/C63H108O6/c1-4-7-10-13-15-17-19-21-23-25-26-27-28-29-30-31-32-33-34-35-36-38-39-41-43-45-47-50-53-56-62(65)68-59-60(58-67-61(64)55-52-49-12-9-6-3)69-63(66)57-54-51-48-46-44-42-40-37-24-22-20-18-16-14-11-8-5-2/h7-8,10-11,15-18,21-24,26-27,60H,4-6,9,12-14,19-20,25,28-59H2,1-3H3/b10-7-,11-8-,17-15-,18-16-,23-21-,24-22-,27-26-. The number of unbranched alkanes of at least 4 members (excludes halogenated alkanes) is 27. The minimum Gasteiger partial charge on any atom is -0.462 e. The van der Waals surface area contributed by atoms with Crippen molar-refractivity contribution in [2.75, 3.05) is 13.2 Å². The summed E-state index contributed by atoms with van der Waals surface area (Å²) in [5, 5.41) is 0. The molecule has 0 N–H and O–H groups in total. The van der Waals surface area contributed by atoms with Crippen molar-refractivity contribution < 1.29 is 28.6 Å². The molecule has 0 aromatic rings. The normalized spacial score (nSPS) is 12.7. The van der Waals surface area contributed by atoms with Crippen molar-refractivity contribution in [2.45, 2.75) is 284 Å². The lowest BCUT2D eigenvalue weighted by Gasteiger charge is -2.18. The Hall–Kier alpha value is -3.41. The van der Waals surface area contributed by atoms with Gasteiger partial charge >= 0.3 is 17.9 Å². The summed E-state index contributed by atoms with van der Waals surface area (Å²) in [6, 6.07) is 0. The van der Waals surface area contributed by atoms with Gasteiger partial charge in [0.15, 0.2) is 6.10 Å². The molecular formula is C63H108O6. The molecule has 6 heteroatoms. The van der Waals surface area contributed by atoms with E-state index in [-0.39, 0.29) is 31.1 Å².